The topological polar surface area (TPSA) is 35.5 Å². The van der Waals surface area contributed by atoms with E-state index in [1.165, 1.54) is 0 Å². The second kappa shape index (κ2) is 5.50. The van der Waals surface area contributed by atoms with Crippen molar-refractivity contribution < 1.29 is 14.3 Å². The van der Waals surface area contributed by atoms with Crippen molar-refractivity contribution in [3.8, 4) is 23.3 Å². The van der Waals surface area contributed by atoms with Crippen LogP contribution < -0.4 is 9.47 Å². The Hall–Kier alpha value is -2.73. The molecule has 0 radical (unpaired) electrons. The minimum absolute atomic E-state index is 0.231. The van der Waals surface area contributed by atoms with E-state index in [4.69, 9.17) is 9.47 Å². The van der Waals surface area contributed by atoms with Crippen LogP contribution in [0.3, 0.4) is 0 Å². The van der Waals surface area contributed by atoms with Crippen molar-refractivity contribution >= 4 is 5.78 Å². The van der Waals surface area contributed by atoms with Crippen LogP contribution >= 0.6 is 0 Å². The summed E-state index contributed by atoms with van der Waals surface area (Å²) >= 11 is 0. The summed E-state index contributed by atoms with van der Waals surface area (Å²) in [5.41, 5.74) is 1.33. The minimum atomic E-state index is -0.231. The van der Waals surface area contributed by atoms with E-state index >= 15 is 0 Å². The Morgan fingerprint density at radius 3 is 2.50 bits per heavy atom. The molecule has 2 aromatic carbocycles. The highest BCUT2D eigenvalue weighted by Crippen LogP contribution is 2.30. The van der Waals surface area contributed by atoms with Crippen LogP contribution in [0.1, 0.15) is 15.9 Å². The molecule has 3 nitrogen and oxygen atoms in total. The van der Waals surface area contributed by atoms with E-state index in [0.29, 0.717) is 30.3 Å². The summed E-state index contributed by atoms with van der Waals surface area (Å²) in [6.07, 6.45) is 0. The molecule has 3 rings (SSSR count). The van der Waals surface area contributed by atoms with Crippen LogP contribution in [0.25, 0.3) is 0 Å². The van der Waals surface area contributed by atoms with Gasteiger partial charge in [-0.3, -0.25) is 4.79 Å². The summed E-state index contributed by atoms with van der Waals surface area (Å²) in [7, 11) is 0. The van der Waals surface area contributed by atoms with Crippen molar-refractivity contribution in [2.45, 2.75) is 0 Å². The molecule has 0 aliphatic carbocycles. The standard InChI is InChI=1S/C17H12O3/c18-15(8-6-13-4-2-1-3-5-13)14-7-9-16-17(12-14)20-11-10-19-16/h1-5,7,9,12H,10-11H2. The molecule has 0 atom stereocenters. The van der Waals surface area contributed by atoms with E-state index in [-0.39, 0.29) is 5.78 Å². The molecule has 0 saturated carbocycles. The quantitative estimate of drug-likeness (QED) is 0.587. The molecule has 3 heteroatoms. The molecule has 0 fully saturated rings. The normalized spacial score (nSPS) is 12.2. The molecule has 0 amide bonds. The van der Waals surface area contributed by atoms with E-state index in [1.807, 2.05) is 30.3 Å². The predicted molar refractivity (Wildman–Crippen MR) is 75.1 cm³/mol. The first kappa shape index (κ1) is 12.3. The molecular formula is C17H12O3. The third-order valence-corrected chi connectivity index (χ3v) is 2.90. The summed E-state index contributed by atoms with van der Waals surface area (Å²) in [6.45, 7) is 1.04. The van der Waals surface area contributed by atoms with Gasteiger partial charge < -0.3 is 9.47 Å². The number of hydrogen-bond donors (Lipinski definition) is 0. The number of Topliss-reactive ketones (excluding diaryl/α,β-unsaturated/α-hetero) is 1. The maximum Gasteiger partial charge on any atom is 0.236 e. The van der Waals surface area contributed by atoms with Crippen LogP contribution in [0, 0.1) is 11.8 Å². The highest BCUT2D eigenvalue weighted by molar-refractivity contribution is 6.09. The molecule has 2 aromatic rings. The summed E-state index contributed by atoms with van der Waals surface area (Å²) < 4.78 is 10.9. The molecule has 20 heavy (non-hydrogen) atoms. The highest BCUT2D eigenvalue weighted by atomic mass is 16.6. The third-order valence-electron chi connectivity index (χ3n) is 2.90. The number of carbonyl (C=O) groups excluding carboxylic acids is 1. The van der Waals surface area contributed by atoms with Gasteiger partial charge in [-0.05, 0) is 36.3 Å². The lowest BCUT2D eigenvalue weighted by atomic mass is 10.1. The first-order valence-corrected chi connectivity index (χ1v) is 6.34. The molecule has 0 spiro atoms. The second-order valence-electron chi connectivity index (χ2n) is 4.30. The van der Waals surface area contributed by atoms with E-state index in [0.717, 1.165) is 5.56 Å². The van der Waals surface area contributed by atoms with Gasteiger partial charge >= 0.3 is 0 Å². The van der Waals surface area contributed by atoms with Crippen molar-refractivity contribution in [1.29, 1.82) is 0 Å². The average molecular weight is 264 g/mol. The minimum Gasteiger partial charge on any atom is -0.486 e. The van der Waals surface area contributed by atoms with E-state index in [1.54, 1.807) is 18.2 Å². The first-order chi connectivity index (χ1) is 9.83. The fourth-order valence-corrected chi connectivity index (χ4v) is 1.91. The molecule has 1 heterocycles. The van der Waals surface area contributed by atoms with Gasteiger partial charge in [0.25, 0.3) is 0 Å². The largest absolute Gasteiger partial charge is 0.486 e. The van der Waals surface area contributed by atoms with Crippen LogP contribution in [-0.2, 0) is 0 Å². The van der Waals surface area contributed by atoms with Gasteiger partial charge in [-0.2, -0.15) is 0 Å². The zero-order chi connectivity index (χ0) is 13.8. The Balaban J connectivity index is 1.83. The highest BCUT2D eigenvalue weighted by Gasteiger charge is 2.13. The van der Waals surface area contributed by atoms with Gasteiger partial charge in [-0.25, -0.2) is 0 Å². The number of hydrogen-bond acceptors (Lipinski definition) is 3. The Morgan fingerprint density at radius 2 is 1.70 bits per heavy atom. The summed E-state index contributed by atoms with van der Waals surface area (Å²) in [6, 6.07) is 14.5. The maximum atomic E-state index is 12.0. The van der Waals surface area contributed by atoms with Crippen LogP contribution in [0.5, 0.6) is 11.5 Å². The number of rotatable bonds is 1. The Kier molecular flexibility index (Phi) is 3.38. The van der Waals surface area contributed by atoms with Crippen LogP contribution in [0.2, 0.25) is 0 Å². The third kappa shape index (κ3) is 2.65. The molecule has 1 aliphatic rings. The smallest absolute Gasteiger partial charge is 0.236 e. The van der Waals surface area contributed by atoms with Gasteiger partial charge in [0.15, 0.2) is 11.5 Å². The van der Waals surface area contributed by atoms with Crippen molar-refractivity contribution in [2.75, 3.05) is 13.2 Å². The van der Waals surface area contributed by atoms with Crippen molar-refractivity contribution in [3.63, 3.8) is 0 Å². The monoisotopic (exact) mass is 264 g/mol. The molecule has 0 aromatic heterocycles. The number of fused-ring (bicyclic) bond motifs is 1. The van der Waals surface area contributed by atoms with Crippen LogP contribution in [0.15, 0.2) is 48.5 Å². The fraction of sp³-hybridized carbons (Fsp3) is 0.118. The van der Waals surface area contributed by atoms with E-state index < -0.39 is 0 Å². The van der Waals surface area contributed by atoms with Crippen molar-refractivity contribution in [3.05, 3.63) is 59.7 Å². The van der Waals surface area contributed by atoms with Crippen molar-refractivity contribution in [1.82, 2.24) is 0 Å². The molecule has 98 valence electrons. The lowest BCUT2D eigenvalue weighted by Crippen LogP contribution is -2.15. The molecule has 0 bridgehead atoms. The number of benzene rings is 2. The fourth-order valence-electron chi connectivity index (χ4n) is 1.91. The Bertz CT molecular complexity index is 693. The number of ether oxygens (including phenoxy) is 2. The molecular weight excluding hydrogens is 252 g/mol. The Morgan fingerprint density at radius 1 is 0.950 bits per heavy atom. The molecule has 0 unspecified atom stereocenters. The predicted octanol–water partition coefficient (Wildman–Crippen LogP) is 2.69. The SMILES string of the molecule is O=C(C#Cc1ccccc1)c1ccc2c(c1)OCCO2. The van der Waals surface area contributed by atoms with Gasteiger partial charge in [0.2, 0.25) is 5.78 Å². The van der Waals surface area contributed by atoms with Crippen LogP contribution in [-0.4, -0.2) is 19.0 Å². The number of carbonyl (C=O) groups is 1. The van der Waals surface area contributed by atoms with Gasteiger partial charge in [-0.1, -0.05) is 24.1 Å². The summed E-state index contributed by atoms with van der Waals surface area (Å²) in [4.78, 5) is 12.0. The first-order valence-electron chi connectivity index (χ1n) is 6.34. The van der Waals surface area contributed by atoms with Gasteiger partial charge in [0.05, 0.1) is 0 Å². The van der Waals surface area contributed by atoms with Gasteiger partial charge in [-0.15, -0.1) is 0 Å². The molecule has 0 N–H and O–H groups in total. The van der Waals surface area contributed by atoms with Gasteiger partial charge in [0.1, 0.15) is 13.2 Å². The van der Waals surface area contributed by atoms with E-state index in [9.17, 15) is 4.79 Å². The van der Waals surface area contributed by atoms with Gasteiger partial charge in [0, 0.05) is 11.1 Å². The molecule has 1 aliphatic heterocycles. The van der Waals surface area contributed by atoms with E-state index in [2.05, 4.69) is 11.8 Å². The zero-order valence-electron chi connectivity index (χ0n) is 10.8. The lowest BCUT2D eigenvalue weighted by Gasteiger charge is -2.18. The van der Waals surface area contributed by atoms with Crippen molar-refractivity contribution in [2.24, 2.45) is 0 Å². The van der Waals surface area contributed by atoms with Crippen LogP contribution in [0.4, 0.5) is 0 Å². The zero-order valence-corrected chi connectivity index (χ0v) is 10.8. The maximum absolute atomic E-state index is 12.0. The Labute approximate surface area is 117 Å². The second-order valence-corrected chi connectivity index (χ2v) is 4.30. The molecule has 0 saturated heterocycles. The number of ketones is 1. The average Bonchev–Trinajstić information content (AvgIpc) is 2.53. The lowest BCUT2D eigenvalue weighted by molar-refractivity contribution is 0.105. The summed E-state index contributed by atoms with van der Waals surface area (Å²) in [5, 5.41) is 0. The summed E-state index contributed by atoms with van der Waals surface area (Å²) in [5.74, 6) is 6.53.